The molecule has 27 heavy (non-hydrogen) atoms. The Hall–Kier alpha value is -1.10. The third kappa shape index (κ3) is 9.09. The van der Waals surface area contributed by atoms with E-state index in [9.17, 15) is 13.2 Å². The largest absolute Gasteiger partial charge is 0.522 e. The van der Waals surface area contributed by atoms with Gasteiger partial charge in [0.2, 0.25) is 0 Å². The molecule has 2 atom stereocenters. The number of alkyl halides is 3. The topological polar surface area (TPSA) is 82.1 Å². The van der Waals surface area contributed by atoms with Crippen LogP contribution >= 0.6 is 0 Å². The number of rotatable bonds is 6. The maximum atomic E-state index is 10.7. The van der Waals surface area contributed by atoms with Crippen LogP contribution in [0.1, 0.15) is 52.4 Å². The molecule has 0 aromatic rings. The first kappa shape index (κ1) is 23.9. The minimum absolute atomic E-state index is 0.389. The van der Waals surface area contributed by atoms with Crippen LogP contribution in [0.4, 0.5) is 13.2 Å². The minimum atomic E-state index is -5.84. The Labute approximate surface area is 158 Å². The van der Waals surface area contributed by atoms with Crippen molar-refractivity contribution in [3.05, 3.63) is 23.7 Å². The summed E-state index contributed by atoms with van der Waals surface area (Å²) in [6, 6.07) is 0. The highest BCUT2D eigenvalue weighted by Gasteiger charge is 2.44. The first-order valence-corrected chi connectivity index (χ1v) is 10.3. The average Bonchev–Trinajstić information content (AvgIpc) is 2.58. The summed E-state index contributed by atoms with van der Waals surface area (Å²) in [6.45, 7) is 5.71. The molecule has 10 heteroatoms. The molecule has 0 spiro atoms. The lowest BCUT2D eigenvalue weighted by Gasteiger charge is -2.25. The summed E-state index contributed by atoms with van der Waals surface area (Å²) in [4.78, 5) is 0. The van der Waals surface area contributed by atoms with E-state index in [-0.39, 0.29) is 0 Å². The smallest absolute Gasteiger partial charge is 0.467 e. The van der Waals surface area contributed by atoms with Gasteiger partial charge in [0.1, 0.15) is 0 Å². The van der Waals surface area contributed by atoms with E-state index < -0.39 is 15.6 Å². The normalized spacial score (nSPS) is 23.6. The van der Waals surface area contributed by atoms with E-state index in [0.717, 1.165) is 63.3 Å². The summed E-state index contributed by atoms with van der Waals surface area (Å²) < 4.78 is 74.8. The summed E-state index contributed by atoms with van der Waals surface area (Å²) >= 11 is 0. The molecule has 0 aromatic carbocycles. The highest BCUT2D eigenvalue weighted by molar-refractivity contribution is 7.86. The molecule has 0 radical (unpaired) electrons. The van der Waals surface area contributed by atoms with E-state index in [1.807, 2.05) is 0 Å². The quantitative estimate of drug-likeness (QED) is 0.512. The lowest BCUT2D eigenvalue weighted by atomic mass is 10.0. The van der Waals surface area contributed by atoms with Gasteiger partial charge in [0.25, 0.3) is 0 Å². The second kappa shape index (κ2) is 11.0. The Bertz CT molecular complexity index is 581. The Morgan fingerprint density at radius 2 is 1.37 bits per heavy atom. The van der Waals surface area contributed by atoms with Crippen LogP contribution in [0.25, 0.3) is 0 Å². The van der Waals surface area contributed by atoms with Crippen molar-refractivity contribution in [2.45, 2.75) is 70.1 Å². The van der Waals surface area contributed by atoms with Crippen molar-refractivity contribution in [2.75, 3.05) is 13.2 Å². The number of hydrogen-bond acceptors (Lipinski definition) is 5. The minimum Gasteiger partial charge on any atom is -0.467 e. The molecular weight excluding hydrogens is 389 g/mol. The molecule has 6 nitrogen and oxygen atoms in total. The molecule has 0 saturated heterocycles. The van der Waals surface area contributed by atoms with Crippen LogP contribution in [0.15, 0.2) is 23.7 Å². The molecule has 1 N–H and O–H groups in total. The lowest BCUT2D eigenvalue weighted by Crippen LogP contribution is -2.21. The molecule has 2 rings (SSSR count). The number of allylic oxidation sites excluding steroid dienone is 2. The number of hydrogen-bond donors (Lipinski definition) is 1. The standard InChI is InChI=1S/C16H26O3.CHF3O3S/c1-3-17-13-5-9-15(10-6-13)19-16-11-7-14(8-12-16)18-4-2;2-1(3,4)8(5,6)7/h9,11,13-14H,3-8,10,12H2,1-2H3;(H,5,6,7). The van der Waals surface area contributed by atoms with Crippen LogP contribution < -0.4 is 0 Å². The summed E-state index contributed by atoms with van der Waals surface area (Å²) in [7, 11) is -5.84. The molecule has 0 aromatic heterocycles. The Kier molecular flexibility index (Phi) is 9.78. The van der Waals surface area contributed by atoms with Gasteiger partial charge in [-0.25, -0.2) is 0 Å². The maximum Gasteiger partial charge on any atom is 0.522 e. The van der Waals surface area contributed by atoms with Crippen molar-refractivity contribution >= 4 is 10.1 Å². The molecule has 2 unspecified atom stereocenters. The SMILES string of the molecule is CCOC1CC=C(OC2=CCC(OCC)CC2)CC1.O=S(=O)(O)C(F)(F)F. The van der Waals surface area contributed by atoms with Crippen LogP contribution in [-0.2, 0) is 24.3 Å². The fourth-order valence-electron chi connectivity index (χ4n) is 2.70. The molecular formula is C17H27F3O6S. The van der Waals surface area contributed by atoms with Crippen molar-refractivity contribution < 1.29 is 40.4 Å². The lowest BCUT2D eigenvalue weighted by molar-refractivity contribution is -0.0510. The monoisotopic (exact) mass is 416 g/mol. The third-order valence-corrected chi connectivity index (χ3v) is 4.59. The Balaban J connectivity index is 0.000000387. The molecule has 0 bridgehead atoms. The van der Waals surface area contributed by atoms with E-state index in [1.54, 1.807) is 0 Å². The predicted octanol–water partition coefficient (Wildman–Crippen LogP) is 4.34. The second-order valence-electron chi connectivity index (χ2n) is 6.07. The van der Waals surface area contributed by atoms with Crippen molar-refractivity contribution in [1.29, 1.82) is 0 Å². The summed E-state index contributed by atoms with van der Waals surface area (Å²) in [5, 5.41) is 0. The van der Waals surface area contributed by atoms with Gasteiger partial charge >= 0.3 is 15.6 Å². The highest BCUT2D eigenvalue weighted by atomic mass is 32.2. The van der Waals surface area contributed by atoms with Gasteiger partial charge in [-0.3, -0.25) is 4.55 Å². The highest BCUT2D eigenvalue weighted by Crippen LogP contribution is 2.28. The Morgan fingerprint density at radius 3 is 1.59 bits per heavy atom. The van der Waals surface area contributed by atoms with Gasteiger partial charge in [0.05, 0.1) is 23.7 Å². The fourth-order valence-corrected chi connectivity index (χ4v) is 2.70. The van der Waals surface area contributed by atoms with Crippen molar-refractivity contribution in [3.63, 3.8) is 0 Å². The van der Waals surface area contributed by atoms with Crippen LogP contribution in [0.5, 0.6) is 0 Å². The summed E-state index contributed by atoms with van der Waals surface area (Å²) in [5.74, 6) is 2.24. The Morgan fingerprint density at radius 1 is 1.00 bits per heavy atom. The zero-order valence-corrected chi connectivity index (χ0v) is 16.3. The molecule has 158 valence electrons. The van der Waals surface area contributed by atoms with E-state index in [4.69, 9.17) is 27.2 Å². The molecule has 2 aliphatic carbocycles. The number of ether oxygens (including phenoxy) is 3. The predicted molar refractivity (Wildman–Crippen MR) is 93.4 cm³/mol. The second-order valence-corrected chi connectivity index (χ2v) is 7.48. The van der Waals surface area contributed by atoms with Gasteiger partial charge in [-0.1, -0.05) is 0 Å². The van der Waals surface area contributed by atoms with Gasteiger partial charge in [-0.05, 0) is 51.7 Å². The van der Waals surface area contributed by atoms with Crippen LogP contribution in [-0.4, -0.2) is 43.9 Å². The first-order chi connectivity index (χ1) is 12.6. The van der Waals surface area contributed by atoms with E-state index in [0.29, 0.717) is 12.2 Å². The molecule has 0 fully saturated rings. The molecule has 0 heterocycles. The van der Waals surface area contributed by atoms with Gasteiger partial charge < -0.3 is 14.2 Å². The molecule has 0 saturated carbocycles. The van der Waals surface area contributed by atoms with E-state index in [1.165, 1.54) is 0 Å². The molecule has 0 aliphatic heterocycles. The van der Waals surface area contributed by atoms with Crippen LogP contribution in [0.2, 0.25) is 0 Å². The van der Waals surface area contributed by atoms with Crippen LogP contribution in [0.3, 0.4) is 0 Å². The third-order valence-electron chi connectivity index (χ3n) is 4.00. The summed E-state index contributed by atoms with van der Waals surface area (Å²) in [5.41, 5.74) is -5.53. The van der Waals surface area contributed by atoms with Crippen molar-refractivity contribution in [2.24, 2.45) is 0 Å². The first-order valence-electron chi connectivity index (χ1n) is 8.89. The zero-order chi connectivity index (χ0) is 20.5. The van der Waals surface area contributed by atoms with E-state index >= 15 is 0 Å². The fraction of sp³-hybridized carbons (Fsp3) is 0.765. The molecule has 0 amide bonds. The van der Waals surface area contributed by atoms with Crippen molar-refractivity contribution in [3.8, 4) is 0 Å². The van der Waals surface area contributed by atoms with Crippen molar-refractivity contribution in [1.82, 2.24) is 0 Å². The van der Waals surface area contributed by atoms with Gasteiger partial charge in [-0.15, -0.1) is 0 Å². The zero-order valence-electron chi connectivity index (χ0n) is 15.5. The molecule has 2 aliphatic rings. The average molecular weight is 416 g/mol. The number of halogens is 3. The maximum absolute atomic E-state index is 10.7. The van der Waals surface area contributed by atoms with Gasteiger partial charge in [0, 0.05) is 26.1 Å². The van der Waals surface area contributed by atoms with Crippen LogP contribution in [0, 0.1) is 0 Å². The summed E-state index contributed by atoms with van der Waals surface area (Å²) in [6.07, 6.45) is 11.3. The van der Waals surface area contributed by atoms with Gasteiger partial charge in [-0.2, -0.15) is 21.6 Å². The van der Waals surface area contributed by atoms with E-state index in [2.05, 4.69) is 26.0 Å². The van der Waals surface area contributed by atoms with Gasteiger partial charge in [0.15, 0.2) is 0 Å².